The van der Waals surface area contributed by atoms with Crippen molar-refractivity contribution >= 4 is 35.2 Å². The number of aromatic nitrogens is 2. The zero-order valence-electron chi connectivity index (χ0n) is 32.6. The molecule has 0 bridgehead atoms. The van der Waals surface area contributed by atoms with Crippen LogP contribution in [0.5, 0.6) is 11.5 Å². The Kier molecular flexibility index (Phi) is 16.5. The summed E-state index contributed by atoms with van der Waals surface area (Å²) in [5.41, 5.74) is 5.22. The van der Waals surface area contributed by atoms with E-state index in [9.17, 15) is 24.3 Å². The van der Waals surface area contributed by atoms with Crippen LogP contribution in [0.1, 0.15) is 59.8 Å². The number of rotatable bonds is 19. The number of carboxylic acid groups (broad SMARTS) is 1. The van der Waals surface area contributed by atoms with Crippen LogP contribution in [0.25, 0.3) is 0 Å². The molecule has 2 aromatic heterocycles. The summed E-state index contributed by atoms with van der Waals surface area (Å²) in [5.74, 6) is -1.00. The van der Waals surface area contributed by atoms with Gasteiger partial charge in [0.2, 0.25) is 18.6 Å². The number of fused-ring (bicyclic) bond motifs is 1. The van der Waals surface area contributed by atoms with E-state index in [4.69, 9.17) is 9.47 Å². The van der Waals surface area contributed by atoms with Crippen molar-refractivity contribution in [3.05, 3.63) is 144 Å². The number of anilines is 2. The van der Waals surface area contributed by atoms with Crippen LogP contribution in [0.3, 0.4) is 0 Å². The molecule has 1 aliphatic heterocycles. The minimum atomic E-state index is -1.10. The minimum Gasteiger partial charge on any atom is -0.481 e. The Morgan fingerprint density at radius 1 is 0.780 bits per heavy atom. The molecule has 0 saturated heterocycles. The molecule has 1 aliphatic rings. The topological polar surface area (TPSA) is 184 Å². The molecule has 0 unspecified atom stereocenters. The summed E-state index contributed by atoms with van der Waals surface area (Å²) in [4.78, 5) is 63.3. The molecule has 5 aromatic rings. The number of ether oxygens (including phenoxy) is 2. The maximum absolute atomic E-state index is 14.0. The molecule has 2 atom stereocenters. The van der Waals surface area contributed by atoms with Gasteiger partial charge in [0, 0.05) is 57.3 Å². The number of hydrogen-bond donors (Lipinski definition) is 5. The Morgan fingerprint density at radius 2 is 1.46 bits per heavy atom. The molecular weight excluding hydrogens is 925 g/mol. The van der Waals surface area contributed by atoms with Gasteiger partial charge in [0.05, 0.1) is 30.3 Å². The summed E-state index contributed by atoms with van der Waals surface area (Å²) in [6.07, 6.45) is 4.70. The van der Waals surface area contributed by atoms with Crippen LogP contribution in [0.2, 0.25) is 0 Å². The van der Waals surface area contributed by atoms with Gasteiger partial charge in [-0.05, 0) is 104 Å². The first-order chi connectivity index (χ1) is 28.2. The van der Waals surface area contributed by atoms with Gasteiger partial charge in [0.1, 0.15) is 6.04 Å². The van der Waals surface area contributed by atoms with Crippen LogP contribution in [0, 0.1) is 6.92 Å². The predicted octanol–water partition coefficient (Wildman–Crippen LogP) is 6.39. The number of unbranched alkanes of at least 4 members (excludes halogenated alkanes) is 1. The van der Waals surface area contributed by atoms with Crippen LogP contribution in [0.15, 0.2) is 116 Å². The minimum absolute atomic E-state index is 0. The number of nitrogens with one attached hydrogen (secondary N) is 4. The van der Waals surface area contributed by atoms with Crippen molar-refractivity contribution in [3.63, 3.8) is 0 Å². The number of pyridine rings is 2. The maximum Gasteiger partial charge on any atom is 0.323 e. The van der Waals surface area contributed by atoms with E-state index in [2.05, 4.69) is 36.1 Å². The quantitative estimate of drug-likeness (QED) is 0.0582. The summed E-state index contributed by atoms with van der Waals surface area (Å²) in [5, 5.41) is 21.2. The zero-order chi connectivity index (χ0) is 40.7. The molecule has 3 heterocycles. The number of nitrogens with zero attached hydrogens (tertiary/aromatic N) is 3. The van der Waals surface area contributed by atoms with Crippen LogP contribution in [0.4, 0.5) is 16.2 Å². The van der Waals surface area contributed by atoms with Crippen LogP contribution < -0.4 is 30.7 Å². The molecule has 0 spiro atoms. The monoisotopic (exact) mass is 972 g/mol. The van der Waals surface area contributed by atoms with E-state index < -0.39 is 30.0 Å². The first-order valence-corrected chi connectivity index (χ1v) is 19.1. The molecule has 59 heavy (non-hydrogen) atoms. The van der Waals surface area contributed by atoms with Gasteiger partial charge < -0.3 is 35.8 Å². The van der Waals surface area contributed by atoms with Crippen LogP contribution >= 0.6 is 0 Å². The van der Waals surface area contributed by atoms with Gasteiger partial charge in [-0.2, -0.15) is 0 Å². The number of carbonyl (C=O) groups excluding carboxylic acids is 3. The van der Waals surface area contributed by atoms with Crippen molar-refractivity contribution in [2.75, 3.05) is 24.0 Å². The molecule has 1 radical (unpaired) electrons. The van der Waals surface area contributed by atoms with Gasteiger partial charge in [-0.25, -0.2) is 4.79 Å². The van der Waals surface area contributed by atoms with Crippen molar-refractivity contribution in [3.8, 4) is 11.5 Å². The third kappa shape index (κ3) is 13.7. The van der Waals surface area contributed by atoms with Crippen LogP contribution in [-0.2, 0) is 54.3 Å². The average molecular weight is 972 g/mol. The smallest absolute Gasteiger partial charge is 0.323 e. The maximum atomic E-state index is 14.0. The van der Waals surface area contributed by atoms with Crippen molar-refractivity contribution < 1.29 is 54.2 Å². The second kappa shape index (κ2) is 22.1. The second-order valence-electron chi connectivity index (χ2n) is 14.0. The van der Waals surface area contributed by atoms with Gasteiger partial charge in [0.25, 0.3) is 0 Å². The van der Waals surface area contributed by atoms with E-state index in [1.54, 1.807) is 54.9 Å². The standard InChI is InChI=1S/C44H47N7O7.Re/c1-30-10-2-3-13-36(30)50-44(56)47-33-18-15-31(16-19-33)24-41(52)48-37(43(55)49-38(26-42(53)54)32-17-20-39-40(25-32)58-29-57-39)14-6-9-23-51(27-34-11-4-7-21-45-34)28-35-12-5-8-22-46-35;/h2-5,7-8,10-13,15-22,25,37-38H,6,9,14,23-24,26-29H2,1H3,(H,48,52)(H,49,55)(H,53,54)(H2,47,50,56);/t37-,38-;/m0./s1. The number of para-hydroxylation sites is 1. The van der Waals surface area contributed by atoms with E-state index in [1.807, 2.05) is 67.6 Å². The van der Waals surface area contributed by atoms with Gasteiger partial charge >= 0.3 is 12.0 Å². The Hall–Kier alpha value is -6.14. The predicted molar refractivity (Wildman–Crippen MR) is 218 cm³/mol. The zero-order valence-corrected chi connectivity index (χ0v) is 35.3. The van der Waals surface area contributed by atoms with Crippen LogP contribution in [-0.4, -0.2) is 63.2 Å². The molecule has 5 N–H and O–H groups in total. The second-order valence-corrected chi connectivity index (χ2v) is 14.0. The number of hydrogen-bond acceptors (Lipinski definition) is 9. The Labute approximate surface area is 356 Å². The summed E-state index contributed by atoms with van der Waals surface area (Å²) in [7, 11) is 0. The summed E-state index contributed by atoms with van der Waals surface area (Å²) < 4.78 is 10.9. The molecule has 15 heteroatoms. The first kappa shape index (κ1) is 44.0. The number of carbonyl (C=O) groups is 4. The number of aryl methyl sites for hydroxylation is 1. The number of amides is 4. The summed E-state index contributed by atoms with van der Waals surface area (Å²) >= 11 is 0. The fraction of sp³-hybridized carbons (Fsp3) is 0.273. The average Bonchev–Trinajstić information content (AvgIpc) is 3.69. The third-order valence-corrected chi connectivity index (χ3v) is 9.56. The summed E-state index contributed by atoms with van der Waals surface area (Å²) in [6.45, 7) is 3.84. The summed E-state index contributed by atoms with van der Waals surface area (Å²) in [6, 6.07) is 28.7. The van der Waals surface area contributed by atoms with E-state index in [-0.39, 0.29) is 46.0 Å². The fourth-order valence-corrected chi connectivity index (χ4v) is 6.57. The normalized spacial score (nSPS) is 12.4. The van der Waals surface area contributed by atoms with Gasteiger partial charge in [-0.3, -0.25) is 29.3 Å². The number of carboxylic acids is 1. The van der Waals surface area contributed by atoms with Crippen molar-refractivity contribution in [2.45, 2.75) is 64.2 Å². The Balaban J connectivity index is 0.00000661. The molecule has 0 saturated carbocycles. The first-order valence-electron chi connectivity index (χ1n) is 19.1. The van der Waals surface area contributed by atoms with E-state index in [1.165, 1.54) is 0 Å². The van der Waals surface area contributed by atoms with Gasteiger partial charge in [0.15, 0.2) is 11.5 Å². The SMILES string of the molecule is Cc1ccccc1NC(=O)Nc1ccc(CC(=O)N[C@@H](CCCCN(Cc2ccccn2)Cc2ccccn2)C(=O)N[C@@H](CC(=O)O)c2ccc3c(c2)OCO3)cc1.[Re]. The largest absolute Gasteiger partial charge is 0.481 e. The van der Waals surface area contributed by atoms with E-state index >= 15 is 0 Å². The van der Waals surface area contributed by atoms with Gasteiger partial charge in [-0.15, -0.1) is 0 Å². The number of benzene rings is 3. The van der Waals surface area contributed by atoms with Crippen molar-refractivity contribution in [1.29, 1.82) is 0 Å². The molecule has 0 fully saturated rings. The molecule has 3 aromatic carbocycles. The van der Waals surface area contributed by atoms with E-state index in [0.717, 1.165) is 17.0 Å². The van der Waals surface area contributed by atoms with Crippen molar-refractivity contribution in [1.82, 2.24) is 25.5 Å². The molecular formula is C44H47N7O7Re. The van der Waals surface area contributed by atoms with E-state index in [0.29, 0.717) is 72.9 Å². The molecule has 0 aliphatic carbocycles. The van der Waals surface area contributed by atoms with Gasteiger partial charge in [-0.1, -0.05) is 48.5 Å². The number of aliphatic carboxylic acids is 1. The number of urea groups is 1. The Bertz CT molecular complexity index is 2120. The Morgan fingerprint density at radius 3 is 2.12 bits per heavy atom. The fourth-order valence-electron chi connectivity index (χ4n) is 6.57. The molecule has 4 amide bonds. The third-order valence-electron chi connectivity index (χ3n) is 9.56. The molecule has 307 valence electrons. The van der Waals surface area contributed by atoms with Crippen molar-refractivity contribution in [2.24, 2.45) is 0 Å². The molecule has 14 nitrogen and oxygen atoms in total. The molecule has 6 rings (SSSR count).